The van der Waals surface area contributed by atoms with Crippen molar-refractivity contribution in [1.82, 2.24) is 30.2 Å². The maximum Gasteiger partial charge on any atom is 0.137 e. The van der Waals surface area contributed by atoms with Crippen LogP contribution in [-0.4, -0.2) is 35.3 Å². The number of hydrogen-bond acceptors (Lipinski definition) is 5. The first-order valence-electron chi connectivity index (χ1n) is 8.96. The lowest BCUT2D eigenvalue weighted by Crippen LogP contribution is -2.36. The zero-order valence-corrected chi connectivity index (χ0v) is 15.5. The van der Waals surface area contributed by atoms with Gasteiger partial charge in [-0.25, -0.2) is 18.4 Å². The summed E-state index contributed by atoms with van der Waals surface area (Å²) >= 11 is 0. The van der Waals surface area contributed by atoms with Gasteiger partial charge in [0.05, 0.1) is 18.1 Å². The fourth-order valence-electron chi connectivity index (χ4n) is 3.43. The van der Waals surface area contributed by atoms with Crippen molar-refractivity contribution in [3.63, 3.8) is 0 Å². The van der Waals surface area contributed by atoms with Gasteiger partial charge in [-0.3, -0.25) is 5.10 Å². The molecule has 2 atom stereocenters. The molecular formula is C20H18F2N6O. The standard InChI is InChI=1S/C20H18F2N6O/c1-13(14-2-5-16(6-3-14)28-9-8-24-27-28)20(29,11-19-23-12-25-26-19)17-7-4-15(21)10-18(17)22/h2-10,12-13,29H,11H2,1H3,(H,23,25,26)/t13-,20+/m0/s1. The molecule has 0 aliphatic heterocycles. The van der Waals surface area contributed by atoms with Crippen LogP contribution in [0.25, 0.3) is 5.69 Å². The average Bonchev–Trinajstić information content (AvgIpc) is 3.41. The third kappa shape index (κ3) is 3.64. The summed E-state index contributed by atoms with van der Waals surface area (Å²) in [6, 6.07) is 10.5. The van der Waals surface area contributed by atoms with Crippen LogP contribution < -0.4 is 0 Å². The summed E-state index contributed by atoms with van der Waals surface area (Å²) in [5, 5.41) is 25.8. The van der Waals surface area contributed by atoms with Gasteiger partial charge in [-0.1, -0.05) is 30.3 Å². The van der Waals surface area contributed by atoms with E-state index in [0.29, 0.717) is 5.82 Å². The van der Waals surface area contributed by atoms with Crippen molar-refractivity contribution >= 4 is 0 Å². The topological polar surface area (TPSA) is 92.5 Å². The lowest BCUT2D eigenvalue weighted by Gasteiger charge is -2.35. The number of benzene rings is 2. The van der Waals surface area contributed by atoms with Crippen LogP contribution >= 0.6 is 0 Å². The van der Waals surface area contributed by atoms with E-state index in [4.69, 9.17) is 0 Å². The smallest absolute Gasteiger partial charge is 0.137 e. The first-order chi connectivity index (χ1) is 14.0. The molecule has 0 bridgehead atoms. The summed E-state index contributed by atoms with van der Waals surface area (Å²) in [5.41, 5.74) is -0.139. The molecule has 9 heteroatoms. The van der Waals surface area contributed by atoms with Crippen LogP contribution in [-0.2, 0) is 12.0 Å². The molecule has 0 aliphatic carbocycles. The third-order valence-corrected chi connectivity index (χ3v) is 5.10. The van der Waals surface area contributed by atoms with Gasteiger partial charge in [0, 0.05) is 24.0 Å². The quantitative estimate of drug-likeness (QED) is 0.523. The summed E-state index contributed by atoms with van der Waals surface area (Å²) in [6.07, 6.45) is 4.58. The summed E-state index contributed by atoms with van der Waals surface area (Å²) in [6.45, 7) is 1.78. The Morgan fingerprint density at radius 3 is 2.59 bits per heavy atom. The molecule has 0 saturated heterocycles. The van der Waals surface area contributed by atoms with E-state index >= 15 is 0 Å². The van der Waals surface area contributed by atoms with E-state index in [0.717, 1.165) is 23.4 Å². The van der Waals surface area contributed by atoms with Gasteiger partial charge in [0.15, 0.2) is 0 Å². The van der Waals surface area contributed by atoms with E-state index in [1.807, 2.05) is 24.3 Å². The van der Waals surface area contributed by atoms with Gasteiger partial charge in [-0.15, -0.1) is 5.10 Å². The van der Waals surface area contributed by atoms with Crippen molar-refractivity contribution in [3.05, 3.63) is 89.8 Å². The zero-order valence-electron chi connectivity index (χ0n) is 15.5. The Balaban J connectivity index is 1.74. The number of H-pyrrole nitrogens is 1. The second kappa shape index (κ2) is 7.51. The van der Waals surface area contributed by atoms with Crippen LogP contribution in [0.3, 0.4) is 0 Å². The van der Waals surface area contributed by atoms with Crippen LogP contribution in [0.15, 0.2) is 61.2 Å². The Morgan fingerprint density at radius 2 is 1.97 bits per heavy atom. The lowest BCUT2D eigenvalue weighted by atomic mass is 9.76. The Morgan fingerprint density at radius 1 is 1.17 bits per heavy atom. The number of nitrogens with zero attached hydrogens (tertiary/aromatic N) is 5. The average molecular weight is 396 g/mol. The van der Waals surface area contributed by atoms with Gasteiger partial charge in [0.25, 0.3) is 0 Å². The fraction of sp³-hybridized carbons (Fsp3) is 0.200. The number of hydrogen-bond donors (Lipinski definition) is 2. The largest absolute Gasteiger partial charge is 0.384 e. The highest BCUT2D eigenvalue weighted by molar-refractivity contribution is 5.38. The predicted molar refractivity (Wildman–Crippen MR) is 100 cm³/mol. The van der Waals surface area contributed by atoms with Crippen LogP contribution in [0.4, 0.5) is 8.78 Å². The summed E-state index contributed by atoms with van der Waals surface area (Å²) in [4.78, 5) is 4.06. The Hall–Kier alpha value is -3.46. The molecule has 0 spiro atoms. The highest BCUT2D eigenvalue weighted by Gasteiger charge is 2.40. The molecule has 4 rings (SSSR count). The zero-order chi connectivity index (χ0) is 20.4. The Kier molecular flexibility index (Phi) is 4.89. The molecule has 0 aliphatic rings. The van der Waals surface area contributed by atoms with Gasteiger partial charge in [0.2, 0.25) is 0 Å². The van der Waals surface area contributed by atoms with Gasteiger partial charge >= 0.3 is 0 Å². The molecule has 4 aromatic rings. The molecule has 2 heterocycles. The molecule has 0 fully saturated rings. The molecule has 0 amide bonds. The first-order valence-corrected chi connectivity index (χ1v) is 8.96. The van der Waals surface area contributed by atoms with E-state index < -0.39 is 23.2 Å². The van der Waals surface area contributed by atoms with Crippen LogP contribution in [0.1, 0.15) is 29.8 Å². The molecule has 2 aromatic heterocycles. The number of aromatic amines is 1. The van der Waals surface area contributed by atoms with Gasteiger partial charge in [-0.2, -0.15) is 5.10 Å². The maximum absolute atomic E-state index is 14.6. The molecule has 0 unspecified atom stereocenters. The molecule has 2 N–H and O–H groups in total. The number of aliphatic hydroxyl groups is 1. The normalized spacial score (nSPS) is 14.5. The van der Waals surface area contributed by atoms with Gasteiger partial charge in [-0.05, 0) is 23.8 Å². The molecule has 0 saturated carbocycles. The highest BCUT2D eigenvalue weighted by atomic mass is 19.1. The van der Waals surface area contributed by atoms with Crippen LogP contribution in [0, 0.1) is 11.6 Å². The minimum absolute atomic E-state index is 0.0110. The van der Waals surface area contributed by atoms with Crippen molar-refractivity contribution in [3.8, 4) is 5.69 Å². The number of aromatic nitrogens is 6. The summed E-state index contributed by atoms with van der Waals surface area (Å²) in [7, 11) is 0. The minimum atomic E-state index is -1.69. The van der Waals surface area contributed by atoms with E-state index in [-0.39, 0.29) is 12.0 Å². The van der Waals surface area contributed by atoms with E-state index in [1.165, 1.54) is 12.4 Å². The predicted octanol–water partition coefficient (Wildman–Crippen LogP) is 2.90. The van der Waals surface area contributed by atoms with Crippen molar-refractivity contribution in [2.24, 2.45) is 0 Å². The molecule has 7 nitrogen and oxygen atoms in total. The minimum Gasteiger partial charge on any atom is -0.384 e. The molecule has 0 radical (unpaired) electrons. The third-order valence-electron chi connectivity index (χ3n) is 5.10. The number of nitrogens with one attached hydrogen (secondary N) is 1. The van der Waals surface area contributed by atoms with Crippen molar-refractivity contribution in [2.75, 3.05) is 0 Å². The Bertz CT molecular complexity index is 1080. The molecule has 2 aromatic carbocycles. The van der Waals surface area contributed by atoms with E-state index in [2.05, 4.69) is 25.5 Å². The molecular weight excluding hydrogens is 378 g/mol. The van der Waals surface area contributed by atoms with Gasteiger partial charge < -0.3 is 5.11 Å². The summed E-state index contributed by atoms with van der Waals surface area (Å²) in [5.74, 6) is -1.68. The van der Waals surface area contributed by atoms with Crippen molar-refractivity contribution in [1.29, 1.82) is 0 Å². The van der Waals surface area contributed by atoms with E-state index in [1.54, 1.807) is 24.0 Å². The highest BCUT2D eigenvalue weighted by Crippen LogP contribution is 2.40. The SMILES string of the molecule is C[C@@H](c1ccc(-n2ccnn2)cc1)[C@](O)(Cc1ncn[nH]1)c1ccc(F)cc1F. The first kappa shape index (κ1) is 18.9. The fourth-order valence-corrected chi connectivity index (χ4v) is 3.43. The van der Waals surface area contributed by atoms with Crippen LogP contribution in [0.5, 0.6) is 0 Å². The monoisotopic (exact) mass is 396 g/mol. The maximum atomic E-state index is 14.6. The number of halogens is 2. The second-order valence-electron chi connectivity index (χ2n) is 6.82. The summed E-state index contributed by atoms with van der Waals surface area (Å²) < 4.78 is 29.7. The molecule has 29 heavy (non-hydrogen) atoms. The molecule has 148 valence electrons. The number of rotatable bonds is 6. The Labute approximate surface area is 165 Å². The second-order valence-corrected chi connectivity index (χ2v) is 6.82. The van der Waals surface area contributed by atoms with Crippen LogP contribution in [0.2, 0.25) is 0 Å². The van der Waals surface area contributed by atoms with E-state index in [9.17, 15) is 13.9 Å². The van der Waals surface area contributed by atoms with Crippen molar-refractivity contribution in [2.45, 2.75) is 24.9 Å². The lowest BCUT2D eigenvalue weighted by molar-refractivity contribution is 0.00742. The van der Waals surface area contributed by atoms with Gasteiger partial charge in [0.1, 0.15) is 29.4 Å². The van der Waals surface area contributed by atoms with Crippen molar-refractivity contribution < 1.29 is 13.9 Å².